The highest BCUT2D eigenvalue weighted by Gasteiger charge is 2.21. The first-order valence-electron chi connectivity index (χ1n) is 6.75. The Morgan fingerprint density at radius 2 is 2.17 bits per heavy atom. The lowest BCUT2D eigenvalue weighted by Crippen LogP contribution is -2.47. The standard InChI is InChI=1S/C13H22N4O/c1-12(13(18)17-7-3-2-4-8-17)15-6-10-16-9-5-14-11-16/h5,9,11-12,15H,2-4,6-8,10H2,1H3. The van der Waals surface area contributed by atoms with Crippen molar-refractivity contribution in [2.45, 2.75) is 38.8 Å². The van der Waals surface area contributed by atoms with Gasteiger partial charge in [-0.3, -0.25) is 4.79 Å². The topological polar surface area (TPSA) is 50.2 Å². The summed E-state index contributed by atoms with van der Waals surface area (Å²) in [5.41, 5.74) is 0. The molecular weight excluding hydrogens is 228 g/mol. The number of nitrogens with zero attached hydrogens (tertiary/aromatic N) is 3. The molecular formula is C13H22N4O. The largest absolute Gasteiger partial charge is 0.341 e. The van der Waals surface area contributed by atoms with Crippen molar-refractivity contribution < 1.29 is 4.79 Å². The Hall–Kier alpha value is -1.36. The number of hydrogen-bond donors (Lipinski definition) is 1. The van der Waals surface area contributed by atoms with Gasteiger partial charge in [-0.25, -0.2) is 4.98 Å². The first-order valence-corrected chi connectivity index (χ1v) is 6.75. The number of carbonyl (C=O) groups excluding carboxylic acids is 1. The van der Waals surface area contributed by atoms with Crippen LogP contribution in [0.4, 0.5) is 0 Å². The van der Waals surface area contributed by atoms with Gasteiger partial charge in [-0.15, -0.1) is 0 Å². The molecule has 5 heteroatoms. The SMILES string of the molecule is CC(NCCn1ccnc1)C(=O)N1CCCCC1. The number of nitrogens with one attached hydrogen (secondary N) is 1. The van der Waals surface area contributed by atoms with Crippen LogP contribution in [0.15, 0.2) is 18.7 Å². The molecule has 1 N–H and O–H groups in total. The second-order valence-corrected chi connectivity index (χ2v) is 4.86. The second kappa shape index (κ2) is 6.54. The zero-order valence-electron chi connectivity index (χ0n) is 11.0. The van der Waals surface area contributed by atoms with E-state index >= 15 is 0 Å². The molecule has 1 atom stereocenters. The summed E-state index contributed by atoms with van der Waals surface area (Å²) in [6.07, 6.45) is 9.03. The first-order chi connectivity index (χ1) is 8.77. The number of aromatic nitrogens is 2. The van der Waals surface area contributed by atoms with Crippen LogP contribution in [0.1, 0.15) is 26.2 Å². The van der Waals surface area contributed by atoms with E-state index < -0.39 is 0 Å². The highest BCUT2D eigenvalue weighted by molar-refractivity contribution is 5.81. The molecule has 100 valence electrons. The fourth-order valence-electron chi connectivity index (χ4n) is 2.30. The molecule has 1 fully saturated rings. The van der Waals surface area contributed by atoms with Crippen molar-refractivity contribution >= 4 is 5.91 Å². The van der Waals surface area contributed by atoms with Gasteiger partial charge in [-0.1, -0.05) is 0 Å². The monoisotopic (exact) mass is 250 g/mol. The number of imidazole rings is 1. The van der Waals surface area contributed by atoms with Crippen LogP contribution in [0.2, 0.25) is 0 Å². The van der Waals surface area contributed by atoms with Crippen molar-refractivity contribution in [1.82, 2.24) is 19.8 Å². The molecule has 1 unspecified atom stereocenters. The summed E-state index contributed by atoms with van der Waals surface area (Å²) in [5.74, 6) is 0.236. The fourth-order valence-corrected chi connectivity index (χ4v) is 2.30. The van der Waals surface area contributed by atoms with Gasteiger partial charge in [0.1, 0.15) is 0 Å². The number of rotatable bonds is 5. The van der Waals surface area contributed by atoms with E-state index in [-0.39, 0.29) is 11.9 Å². The van der Waals surface area contributed by atoms with Gasteiger partial charge in [0.05, 0.1) is 12.4 Å². The quantitative estimate of drug-likeness (QED) is 0.844. The van der Waals surface area contributed by atoms with E-state index in [1.54, 1.807) is 12.5 Å². The maximum absolute atomic E-state index is 12.1. The van der Waals surface area contributed by atoms with Crippen molar-refractivity contribution in [3.63, 3.8) is 0 Å². The number of amides is 1. The van der Waals surface area contributed by atoms with Gasteiger partial charge in [0, 0.05) is 38.6 Å². The Morgan fingerprint density at radius 1 is 1.39 bits per heavy atom. The molecule has 0 aliphatic carbocycles. The van der Waals surface area contributed by atoms with Crippen LogP contribution in [-0.4, -0.2) is 46.0 Å². The van der Waals surface area contributed by atoms with E-state index in [4.69, 9.17) is 0 Å². The average molecular weight is 250 g/mol. The average Bonchev–Trinajstić information content (AvgIpc) is 2.92. The summed E-state index contributed by atoms with van der Waals surface area (Å²) >= 11 is 0. The van der Waals surface area contributed by atoms with Crippen molar-refractivity contribution in [3.05, 3.63) is 18.7 Å². The molecule has 2 heterocycles. The molecule has 1 aromatic rings. The summed E-state index contributed by atoms with van der Waals surface area (Å²) in [6, 6.07) is -0.0911. The Bertz CT molecular complexity index is 357. The third-order valence-corrected chi connectivity index (χ3v) is 3.42. The molecule has 18 heavy (non-hydrogen) atoms. The molecule has 1 aliphatic rings. The van der Waals surface area contributed by atoms with Crippen molar-refractivity contribution in [1.29, 1.82) is 0 Å². The van der Waals surface area contributed by atoms with Gasteiger partial charge in [0.2, 0.25) is 5.91 Å². The molecule has 1 amide bonds. The first kappa shape index (κ1) is 13.1. The Kier molecular flexibility index (Phi) is 4.75. The predicted molar refractivity (Wildman–Crippen MR) is 70.1 cm³/mol. The molecule has 0 saturated carbocycles. The highest BCUT2D eigenvalue weighted by Crippen LogP contribution is 2.09. The minimum absolute atomic E-state index is 0.0911. The van der Waals surface area contributed by atoms with E-state index in [2.05, 4.69) is 10.3 Å². The molecule has 1 aliphatic heterocycles. The van der Waals surface area contributed by atoms with Crippen LogP contribution in [0.3, 0.4) is 0 Å². The molecule has 0 aromatic carbocycles. The summed E-state index contributed by atoms with van der Waals surface area (Å²) in [7, 11) is 0. The molecule has 1 aromatic heterocycles. The number of hydrogen-bond acceptors (Lipinski definition) is 3. The number of likely N-dealkylation sites (tertiary alicyclic amines) is 1. The predicted octanol–water partition coefficient (Wildman–Crippen LogP) is 0.874. The van der Waals surface area contributed by atoms with Crippen LogP contribution in [0.25, 0.3) is 0 Å². The van der Waals surface area contributed by atoms with Gasteiger partial charge in [-0.2, -0.15) is 0 Å². The van der Waals surface area contributed by atoms with Gasteiger partial charge in [0.15, 0.2) is 0 Å². The minimum atomic E-state index is -0.0911. The van der Waals surface area contributed by atoms with Crippen LogP contribution in [0, 0.1) is 0 Å². The summed E-state index contributed by atoms with van der Waals surface area (Å²) in [6.45, 7) is 5.43. The van der Waals surface area contributed by atoms with E-state index in [9.17, 15) is 4.79 Å². The minimum Gasteiger partial charge on any atom is -0.341 e. The summed E-state index contributed by atoms with van der Waals surface area (Å²) in [5, 5.41) is 3.28. The van der Waals surface area contributed by atoms with Crippen LogP contribution >= 0.6 is 0 Å². The summed E-state index contributed by atoms with van der Waals surface area (Å²) < 4.78 is 2.01. The summed E-state index contributed by atoms with van der Waals surface area (Å²) in [4.78, 5) is 18.1. The molecule has 0 spiro atoms. The molecule has 0 bridgehead atoms. The zero-order valence-corrected chi connectivity index (χ0v) is 11.0. The van der Waals surface area contributed by atoms with E-state index in [1.807, 2.05) is 22.6 Å². The van der Waals surface area contributed by atoms with Crippen LogP contribution in [0.5, 0.6) is 0 Å². The van der Waals surface area contributed by atoms with Gasteiger partial charge in [-0.05, 0) is 26.2 Å². The Morgan fingerprint density at radius 3 is 2.83 bits per heavy atom. The zero-order chi connectivity index (χ0) is 12.8. The molecule has 2 rings (SSSR count). The van der Waals surface area contributed by atoms with Gasteiger partial charge >= 0.3 is 0 Å². The lowest BCUT2D eigenvalue weighted by molar-refractivity contribution is -0.133. The Balaban J connectivity index is 1.70. The normalized spacial score (nSPS) is 17.7. The van der Waals surface area contributed by atoms with E-state index in [0.29, 0.717) is 0 Å². The van der Waals surface area contributed by atoms with Crippen LogP contribution in [-0.2, 0) is 11.3 Å². The van der Waals surface area contributed by atoms with E-state index in [1.165, 1.54) is 6.42 Å². The molecule has 1 saturated heterocycles. The van der Waals surface area contributed by atoms with E-state index in [0.717, 1.165) is 39.0 Å². The van der Waals surface area contributed by atoms with Gasteiger partial charge in [0.25, 0.3) is 0 Å². The smallest absolute Gasteiger partial charge is 0.239 e. The highest BCUT2D eigenvalue weighted by atomic mass is 16.2. The van der Waals surface area contributed by atoms with Crippen molar-refractivity contribution in [3.8, 4) is 0 Å². The molecule has 5 nitrogen and oxygen atoms in total. The maximum atomic E-state index is 12.1. The molecule has 0 radical (unpaired) electrons. The lowest BCUT2D eigenvalue weighted by Gasteiger charge is -2.29. The Labute approximate surface area is 108 Å². The van der Waals surface area contributed by atoms with Crippen LogP contribution < -0.4 is 5.32 Å². The second-order valence-electron chi connectivity index (χ2n) is 4.86. The maximum Gasteiger partial charge on any atom is 0.239 e. The fraction of sp³-hybridized carbons (Fsp3) is 0.692. The number of carbonyl (C=O) groups is 1. The third-order valence-electron chi connectivity index (χ3n) is 3.42. The third kappa shape index (κ3) is 3.57. The number of piperidine rings is 1. The lowest BCUT2D eigenvalue weighted by atomic mass is 10.1. The van der Waals surface area contributed by atoms with Gasteiger partial charge < -0.3 is 14.8 Å². The van der Waals surface area contributed by atoms with Crippen molar-refractivity contribution in [2.24, 2.45) is 0 Å². The van der Waals surface area contributed by atoms with Crippen molar-refractivity contribution in [2.75, 3.05) is 19.6 Å².